The standard InChI is InChI=1S/C20H27N/c1-3-14-21-19(20(2)12-6-7-13-20)18-11-10-16-8-4-5-9-17(16)15-18/h4-5,8-11,15,19,21H,3,6-7,12-14H2,1-2H3. The summed E-state index contributed by atoms with van der Waals surface area (Å²) < 4.78 is 0. The van der Waals surface area contributed by atoms with Gasteiger partial charge in [0.2, 0.25) is 0 Å². The summed E-state index contributed by atoms with van der Waals surface area (Å²) in [6.07, 6.45) is 6.66. The second kappa shape index (κ2) is 6.19. The predicted octanol–water partition coefficient (Wildman–Crippen LogP) is 5.46. The first-order valence-corrected chi connectivity index (χ1v) is 8.45. The van der Waals surface area contributed by atoms with Crippen LogP contribution >= 0.6 is 0 Å². The van der Waals surface area contributed by atoms with Gasteiger partial charge in [0, 0.05) is 6.04 Å². The Labute approximate surface area is 128 Å². The Bertz CT molecular complexity index is 596. The summed E-state index contributed by atoms with van der Waals surface area (Å²) in [6.45, 7) is 5.83. The Morgan fingerprint density at radius 2 is 1.76 bits per heavy atom. The second-order valence-electron chi connectivity index (χ2n) is 6.85. The molecule has 1 unspecified atom stereocenters. The zero-order valence-corrected chi connectivity index (χ0v) is 13.4. The van der Waals surface area contributed by atoms with Gasteiger partial charge in [0.1, 0.15) is 0 Å². The molecule has 2 aromatic rings. The summed E-state index contributed by atoms with van der Waals surface area (Å²) in [5.74, 6) is 0. The first-order chi connectivity index (χ1) is 10.2. The quantitative estimate of drug-likeness (QED) is 0.767. The van der Waals surface area contributed by atoms with E-state index in [9.17, 15) is 0 Å². The van der Waals surface area contributed by atoms with Crippen molar-refractivity contribution in [3.63, 3.8) is 0 Å². The van der Waals surface area contributed by atoms with Crippen LogP contribution in [-0.2, 0) is 0 Å². The van der Waals surface area contributed by atoms with Gasteiger partial charge in [-0.15, -0.1) is 0 Å². The molecule has 1 N–H and O–H groups in total. The molecule has 1 aliphatic carbocycles. The van der Waals surface area contributed by atoms with E-state index in [1.54, 1.807) is 0 Å². The van der Waals surface area contributed by atoms with Crippen LogP contribution in [0.3, 0.4) is 0 Å². The Morgan fingerprint density at radius 3 is 2.48 bits per heavy atom. The van der Waals surface area contributed by atoms with Gasteiger partial charge in [-0.1, -0.05) is 63.1 Å². The van der Waals surface area contributed by atoms with E-state index in [1.807, 2.05) is 0 Å². The minimum Gasteiger partial charge on any atom is -0.309 e. The minimum atomic E-state index is 0.414. The van der Waals surface area contributed by atoms with Crippen LogP contribution in [0.15, 0.2) is 42.5 Å². The molecule has 0 bridgehead atoms. The van der Waals surface area contributed by atoms with Crippen LogP contribution in [0.4, 0.5) is 0 Å². The molecular weight excluding hydrogens is 254 g/mol. The van der Waals surface area contributed by atoms with Gasteiger partial charge in [-0.2, -0.15) is 0 Å². The van der Waals surface area contributed by atoms with E-state index in [4.69, 9.17) is 0 Å². The van der Waals surface area contributed by atoms with Gasteiger partial charge in [-0.25, -0.2) is 0 Å². The van der Waals surface area contributed by atoms with Crippen molar-refractivity contribution in [2.75, 3.05) is 6.54 Å². The summed E-state index contributed by atoms with van der Waals surface area (Å²) in [7, 11) is 0. The lowest BCUT2D eigenvalue weighted by molar-refractivity contribution is 0.224. The molecule has 0 heterocycles. The van der Waals surface area contributed by atoms with Crippen molar-refractivity contribution in [1.29, 1.82) is 0 Å². The fraction of sp³-hybridized carbons (Fsp3) is 0.500. The van der Waals surface area contributed by atoms with E-state index in [0.29, 0.717) is 11.5 Å². The molecule has 0 aliphatic heterocycles. The third kappa shape index (κ3) is 2.98. The van der Waals surface area contributed by atoms with Gasteiger partial charge in [-0.05, 0) is 53.6 Å². The van der Waals surface area contributed by atoms with Gasteiger partial charge in [-0.3, -0.25) is 0 Å². The highest BCUT2D eigenvalue weighted by atomic mass is 14.9. The molecular formula is C20H27N. The van der Waals surface area contributed by atoms with Crippen LogP contribution in [-0.4, -0.2) is 6.54 Å². The average molecular weight is 281 g/mol. The van der Waals surface area contributed by atoms with Crippen molar-refractivity contribution >= 4 is 10.8 Å². The molecule has 0 aromatic heterocycles. The Balaban J connectivity index is 1.96. The Kier molecular flexibility index (Phi) is 4.30. The van der Waals surface area contributed by atoms with Gasteiger partial charge in [0.05, 0.1) is 0 Å². The van der Waals surface area contributed by atoms with Crippen molar-refractivity contribution in [3.8, 4) is 0 Å². The first-order valence-electron chi connectivity index (χ1n) is 8.45. The van der Waals surface area contributed by atoms with Crippen LogP contribution in [0.1, 0.15) is 57.6 Å². The van der Waals surface area contributed by atoms with Gasteiger partial charge < -0.3 is 5.32 Å². The van der Waals surface area contributed by atoms with Crippen molar-refractivity contribution in [2.45, 2.75) is 52.0 Å². The van der Waals surface area contributed by atoms with E-state index in [1.165, 1.54) is 48.4 Å². The fourth-order valence-electron chi connectivity index (χ4n) is 3.91. The summed E-state index contributed by atoms with van der Waals surface area (Å²) >= 11 is 0. The highest BCUT2D eigenvalue weighted by Crippen LogP contribution is 2.47. The van der Waals surface area contributed by atoms with Crippen LogP contribution in [0.5, 0.6) is 0 Å². The zero-order chi connectivity index (χ0) is 14.7. The van der Waals surface area contributed by atoms with Crippen LogP contribution in [0.25, 0.3) is 10.8 Å². The molecule has 1 aliphatic rings. The van der Waals surface area contributed by atoms with E-state index < -0.39 is 0 Å². The van der Waals surface area contributed by atoms with Crippen LogP contribution < -0.4 is 5.32 Å². The maximum Gasteiger partial charge on any atom is 0.0374 e. The molecule has 1 atom stereocenters. The van der Waals surface area contributed by atoms with Gasteiger partial charge in [0.15, 0.2) is 0 Å². The highest BCUT2D eigenvalue weighted by molar-refractivity contribution is 5.83. The molecule has 0 amide bonds. The Morgan fingerprint density at radius 1 is 1.05 bits per heavy atom. The smallest absolute Gasteiger partial charge is 0.0374 e. The molecule has 2 aromatic carbocycles. The van der Waals surface area contributed by atoms with Crippen LogP contribution in [0, 0.1) is 5.41 Å². The number of rotatable bonds is 5. The molecule has 1 heteroatoms. The third-order valence-corrected chi connectivity index (χ3v) is 5.15. The molecule has 0 radical (unpaired) electrons. The summed E-state index contributed by atoms with van der Waals surface area (Å²) in [6, 6.07) is 16.2. The molecule has 1 saturated carbocycles. The lowest BCUT2D eigenvalue weighted by Crippen LogP contribution is -2.35. The SMILES string of the molecule is CCCNC(c1ccc2ccccc2c1)C1(C)CCCC1. The fourth-order valence-corrected chi connectivity index (χ4v) is 3.91. The molecule has 3 rings (SSSR count). The van der Waals surface area contributed by atoms with E-state index in [0.717, 1.165) is 6.54 Å². The normalized spacial score (nSPS) is 19.0. The number of hydrogen-bond donors (Lipinski definition) is 1. The minimum absolute atomic E-state index is 0.414. The van der Waals surface area contributed by atoms with Crippen molar-refractivity contribution < 1.29 is 0 Å². The highest BCUT2D eigenvalue weighted by Gasteiger charge is 2.37. The largest absolute Gasteiger partial charge is 0.309 e. The summed E-state index contributed by atoms with van der Waals surface area (Å²) in [5, 5.41) is 6.53. The predicted molar refractivity (Wildman–Crippen MR) is 91.6 cm³/mol. The molecule has 1 fully saturated rings. The second-order valence-corrected chi connectivity index (χ2v) is 6.85. The van der Waals surface area contributed by atoms with Gasteiger partial charge in [0.25, 0.3) is 0 Å². The molecule has 0 spiro atoms. The summed E-state index contributed by atoms with van der Waals surface area (Å²) in [4.78, 5) is 0. The number of fused-ring (bicyclic) bond motifs is 1. The lowest BCUT2D eigenvalue weighted by Gasteiger charge is -2.35. The van der Waals surface area contributed by atoms with Gasteiger partial charge >= 0.3 is 0 Å². The van der Waals surface area contributed by atoms with E-state index >= 15 is 0 Å². The van der Waals surface area contributed by atoms with Crippen molar-refractivity contribution in [1.82, 2.24) is 5.32 Å². The summed E-state index contributed by atoms with van der Waals surface area (Å²) in [5.41, 5.74) is 1.88. The maximum absolute atomic E-state index is 3.83. The molecule has 0 saturated heterocycles. The third-order valence-electron chi connectivity index (χ3n) is 5.15. The molecule has 21 heavy (non-hydrogen) atoms. The number of nitrogens with one attached hydrogen (secondary N) is 1. The topological polar surface area (TPSA) is 12.0 Å². The molecule has 112 valence electrons. The number of hydrogen-bond acceptors (Lipinski definition) is 1. The van der Waals surface area contributed by atoms with E-state index in [-0.39, 0.29) is 0 Å². The number of benzene rings is 2. The van der Waals surface area contributed by atoms with Crippen molar-refractivity contribution in [3.05, 3.63) is 48.0 Å². The van der Waals surface area contributed by atoms with Crippen molar-refractivity contribution in [2.24, 2.45) is 5.41 Å². The zero-order valence-electron chi connectivity index (χ0n) is 13.4. The van der Waals surface area contributed by atoms with Crippen LogP contribution in [0.2, 0.25) is 0 Å². The maximum atomic E-state index is 3.83. The average Bonchev–Trinajstić information content (AvgIpc) is 2.95. The first kappa shape index (κ1) is 14.6. The monoisotopic (exact) mass is 281 g/mol. The lowest BCUT2D eigenvalue weighted by atomic mass is 9.77. The Hall–Kier alpha value is -1.34. The van der Waals surface area contributed by atoms with E-state index in [2.05, 4.69) is 61.6 Å². The molecule has 1 nitrogen and oxygen atoms in total.